The lowest BCUT2D eigenvalue weighted by molar-refractivity contribution is 0.0234. The molecule has 1 aromatic carbocycles. The number of aromatic nitrogens is 1. The summed E-state index contributed by atoms with van der Waals surface area (Å²) >= 11 is 0. The number of pyridine rings is 1. The molecule has 2 N–H and O–H groups in total. The molecule has 26 heavy (non-hydrogen) atoms. The minimum Gasteiger partial charge on any atom is -0.496 e. The number of aliphatic hydroxyl groups excluding tert-OH is 1. The Morgan fingerprint density at radius 3 is 2.58 bits per heavy atom. The first-order valence-corrected chi connectivity index (χ1v) is 8.65. The second kappa shape index (κ2) is 7.74. The fraction of sp³-hybridized carbons (Fsp3) is 0.400. The highest BCUT2D eigenvalue weighted by atomic mass is 16.5. The third-order valence-electron chi connectivity index (χ3n) is 4.84. The second-order valence-corrected chi connectivity index (χ2v) is 6.67. The number of hydrogen-bond donors (Lipinski definition) is 2. The molecule has 1 aliphatic rings. The van der Waals surface area contributed by atoms with Gasteiger partial charge in [-0.3, -0.25) is 4.79 Å². The number of nitrogens with zero attached hydrogens (tertiary/aromatic N) is 1. The molecule has 1 atom stereocenters. The van der Waals surface area contributed by atoms with Gasteiger partial charge in [0, 0.05) is 12.3 Å². The average molecular weight is 356 g/mol. The zero-order valence-corrected chi connectivity index (χ0v) is 15.2. The van der Waals surface area contributed by atoms with Crippen LogP contribution in [0.1, 0.15) is 40.4 Å². The van der Waals surface area contributed by atoms with Crippen molar-refractivity contribution in [1.29, 1.82) is 0 Å². The maximum absolute atomic E-state index is 12.9. The van der Waals surface area contributed by atoms with Crippen molar-refractivity contribution in [2.45, 2.75) is 31.9 Å². The predicted molar refractivity (Wildman–Crippen MR) is 97.5 cm³/mol. The van der Waals surface area contributed by atoms with E-state index in [-0.39, 0.29) is 24.0 Å². The molecule has 0 aliphatic heterocycles. The topological polar surface area (TPSA) is 80.7 Å². The summed E-state index contributed by atoms with van der Waals surface area (Å²) in [6.45, 7) is 1.95. The van der Waals surface area contributed by atoms with Crippen molar-refractivity contribution in [1.82, 2.24) is 10.3 Å². The number of carbonyl (C=O) groups excluding carboxylic acids is 1. The van der Waals surface area contributed by atoms with E-state index in [4.69, 9.17) is 9.47 Å². The summed E-state index contributed by atoms with van der Waals surface area (Å²) in [7, 11) is 3.12. The first kappa shape index (κ1) is 18.2. The van der Waals surface area contributed by atoms with Crippen molar-refractivity contribution in [2.75, 3.05) is 14.2 Å². The van der Waals surface area contributed by atoms with Crippen LogP contribution >= 0.6 is 0 Å². The molecule has 1 heterocycles. The van der Waals surface area contributed by atoms with E-state index < -0.39 is 0 Å². The van der Waals surface area contributed by atoms with E-state index in [2.05, 4.69) is 10.3 Å². The van der Waals surface area contributed by atoms with Crippen LogP contribution in [0.4, 0.5) is 0 Å². The Labute approximate surface area is 153 Å². The van der Waals surface area contributed by atoms with Gasteiger partial charge in [-0.15, -0.1) is 0 Å². The lowest BCUT2D eigenvalue weighted by Crippen LogP contribution is -2.41. The largest absolute Gasteiger partial charge is 0.496 e. The molecule has 6 heteroatoms. The van der Waals surface area contributed by atoms with Gasteiger partial charge in [-0.05, 0) is 48.9 Å². The van der Waals surface area contributed by atoms with Gasteiger partial charge in [-0.2, -0.15) is 0 Å². The van der Waals surface area contributed by atoms with E-state index in [1.165, 1.54) is 0 Å². The summed E-state index contributed by atoms with van der Waals surface area (Å²) in [6.07, 6.45) is 2.71. The van der Waals surface area contributed by atoms with Crippen molar-refractivity contribution in [2.24, 2.45) is 5.92 Å². The van der Waals surface area contributed by atoms with Crippen molar-refractivity contribution in [3.63, 3.8) is 0 Å². The van der Waals surface area contributed by atoms with Gasteiger partial charge in [0.05, 0.1) is 31.9 Å². The number of aryl methyl sites for hydroxylation is 1. The quantitative estimate of drug-likeness (QED) is 0.832. The highest BCUT2D eigenvalue weighted by molar-refractivity contribution is 5.97. The van der Waals surface area contributed by atoms with Gasteiger partial charge >= 0.3 is 0 Å². The van der Waals surface area contributed by atoms with Crippen LogP contribution in [0.25, 0.3) is 0 Å². The Hall–Kier alpha value is -2.60. The van der Waals surface area contributed by atoms with E-state index in [0.29, 0.717) is 30.0 Å². The normalized spacial score (nSPS) is 20.0. The SMILES string of the molecule is COc1ccc(C(NC(=O)c2ccc(C)cc2OC)C2CC(O)C2)cn1. The smallest absolute Gasteiger partial charge is 0.255 e. The van der Waals surface area contributed by atoms with Gasteiger partial charge in [0.2, 0.25) is 5.88 Å². The van der Waals surface area contributed by atoms with E-state index in [1.54, 1.807) is 32.5 Å². The monoisotopic (exact) mass is 356 g/mol. The highest BCUT2D eigenvalue weighted by Crippen LogP contribution is 2.38. The maximum atomic E-state index is 12.9. The molecule has 2 aromatic rings. The lowest BCUT2D eigenvalue weighted by atomic mass is 9.75. The molecule has 138 valence electrons. The molecule has 1 aromatic heterocycles. The standard InChI is InChI=1S/C20H24N2O4/c1-12-4-6-16(17(8-12)25-2)20(24)22-19(14-9-15(23)10-14)13-5-7-18(26-3)21-11-13/h4-8,11,14-15,19,23H,9-10H2,1-3H3,(H,22,24). The Morgan fingerprint density at radius 2 is 2.00 bits per heavy atom. The van der Waals surface area contributed by atoms with E-state index in [0.717, 1.165) is 11.1 Å². The van der Waals surface area contributed by atoms with Crippen molar-refractivity contribution in [3.05, 3.63) is 53.2 Å². The van der Waals surface area contributed by atoms with Crippen LogP contribution < -0.4 is 14.8 Å². The number of aliphatic hydroxyl groups is 1. The summed E-state index contributed by atoms with van der Waals surface area (Å²) in [6, 6.07) is 8.93. The summed E-state index contributed by atoms with van der Waals surface area (Å²) in [5, 5.41) is 12.8. The van der Waals surface area contributed by atoms with E-state index in [9.17, 15) is 9.90 Å². The minimum atomic E-state index is -0.306. The van der Waals surface area contributed by atoms with Gasteiger partial charge in [0.1, 0.15) is 5.75 Å². The number of benzene rings is 1. The summed E-state index contributed by atoms with van der Waals surface area (Å²) in [4.78, 5) is 17.1. The molecule has 1 aliphatic carbocycles. The van der Waals surface area contributed by atoms with Crippen LogP contribution in [-0.2, 0) is 0 Å². The molecular formula is C20H24N2O4. The summed E-state index contributed by atoms with van der Waals surface area (Å²) in [5.74, 6) is 1.03. The fourth-order valence-corrected chi connectivity index (χ4v) is 3.28. The Balaban J connectivity index is 1.84. The second-order valence-electron chi connectivity index (χ2n) is 6.67. The molecule has 1 saturated carbocycles. The Kier molecular flexibility index (Phi) is 5.42. The number of hydrogen-bond acceptors (Lipinski definition) is 5. The third kappa shape index (κ3) is 3.80. The number of rotatable bonds is 6. The van der Waals surface area contributed by atoms with Gasteiger partial charge in [-0.1, -0.05) is 12.1 Å². The van der Waals surface area contributed by atoms with Crippen molar-refractivity contribution < 1.29 is 19.4 Å². The van der Waals surface area contributed by atoms with Gasteiger partial charge in [0.15, 0.2) is 0 Å². The van der Waals surface area contributed by atoms with Crippen LogP contribution in [0.5, 0.6) is 11.6 Å². The molecule has 6 nitrogen and oxygen atoms in total. The first-order chi connectivity index (χ1) is 12.5. The number of amides is 1. The predicted octanol–water partition coefficient (Wildman–Crippen LogP) is 2.65. The van der Waals surface area contributed by atoms with Crippen molar-refractivity contribution in [3.8, 4) is 11.6 Å². The fourth-order valence-electron chi connectivity index (χ4n) is 3.28. The Bertz CT molecular complexity index is 770. The molecular weight excluding hydrogens is 332 g/mol. The molecule has 1 unspecified atom stereocenters. The number of nitrogens with one attached hydrogen (secondary N) is 1. The van der Waals surface area contributed by atoms with Gasteiger partial charge in [0.25, 0.3) is 5.91 Å². The first-order valence-electron chi connectivity index (χ1n) is 8.65. The van der Waals surface area contributed by atoms with Gasteiger partial charge in [-0.25, -0.2) is 4.98 Å². The molecule has 0 radical (unpaired) electrons. The number of methoxy groups -OCH3 is 2. The third-order valence-corrected chi connectivity index (χ3v) is 4.84. The van der Waals surface area contributed by atoms with Gasteiger partial charge < -0.3 is 19.9 Å². The zero-order chi connectivity index (χ0) is 18.7. The molecule has 0 spiro atoms. The summed E-state index contributed by atoms with van der Waals surface area (Å²) in [5.41, 5.74) is 2.41. The number of ether oxygens (including phenoxy) is 2. The molecule has 0 bridgehead atoms. The highest BCUT2D eigenvalue weighted by Gasteiger charge is 2.36. The zero-order valence-electron chi connectivity index (χ0n) is 15.2. The van der Waals surface area contributed by atoms with Crippen LogP contribution in [0.2, 0.25) is 0 Å². The molecule has 1 amide bonds. The van der Waals surface area contributed by atoms with Crippen LogP contribution in [0, 0.1) is 12.8 Å². The molecule has 3 rings (SSSR count). The van der Waals surface area contributed by atoms with Crippen LogP contribution in [0.3, 0.4) is 0 Å². The molecule has 0 saturated heterocycles. The van der Waals surface area contributed by atoms with Crippen LogP contribution in [-0.4, -0.2) is 36.3 Å². The summed E-state index contributed by atoms with van der Waals surface area (Å²) < 4.78 is 10.5. The minimum absolute atomic E-state index is 0.167. The van der Waals surface area contributed by atoms with E-state index in [1.807, 2.05) is 25.1 Å². The lowest BCUT2D eigenvalue weighted by Gasteiger charge is -2.38. The van der Waals surface area contributed by atoms with E-state index >= 15 is 0 Å². The van der Waals surface area contributed by atoms with Crippen LogP contribution in [0.15, 0.2) is 36.5 Å². The van der Waals surface area contributed by atoms with Crippen molar-refractivity contribution >= 4 is 5.91 Å². The maximum Gasteiger partial charge on any atom is 0.255 e. The molecule has 1 fully saturated rings. The average Bonchev–Trinajstić information content (AvgIpc) is 2.63. The number of carbonyl (C=O) groups is 1. The Morgan fingerprint density at radius 1 is 1.23 bits per heavy atom.